The summed E-state index contributed by atoms with van der Waals surface area (Å²) in [5.74, 6) is 2.28. The molecule has 2 fully saturated rings. The zero-order valence-corrected chi connectivity index (χ0v) is 15.1. The van der Waals surface area contributed by atoms with Crippen LogP contribution in [0, 0.1) is 0 Å². The summed E-state index contributed by atoms with van der Waals surface area (Å²) in [6.45, 7) is 3.21. The van der Waals surface area contributed by atoms with E-state index in [9.17, 15) is 4.39 Å². The number of anilines is 2. The zero-order valence-electron chi connectivity index (χ0n) is 15.1. The third-order valence-corrected chi connectivity index (χ3v) is 5.61. The van der Waals surface area contributed by atoms with Gasteiger partial charge in [-0.2, -0.15) is 0 Å². The van der Waals surface area contributed by atoms with Crippen molar-refractivity contribution >= 4 is 22.5 Å². The lowest BCUT2D eigenvalue weighted by atomic mass is 9.95. The van der Waals surface area contributed by atoms with E-state index in [0.29, 0.717) is 18.8 Å². The Balaban J connectivity index is 1.33. The third kappa shape index (κ3) is 3.09. The van der Waals surface area contributed by atoms with E-state index in [1.165, 1.54) is 0 Å². The summed E-state index contributed by atoms with van der Waals surface area (Å²) in [7, 11) is 0. The Morgan fingerprint density at radius 3 is 2.52 bits per heavy atom. The van der Waals surface area contributed by atoms with E-state index in [1.807, 2.05) is 18.2 Å². The van der Waals surface area contributed by atoms with E-state index in [-0.39, 0.29) is 0 Å². The van der Waals surface area contributed by atoms with Crippen LogP contribution in [0.25, 0.3) is 10.9 Å². The average Bonchev–Trinajstić information content (AvgIpc) is 2.68. The topological polar surface area (TPSA) is 45.2 Å². The summed E-state index contributed by atoms with van der Waals surface area (Å²) in [6.07, 6.45) is 3.97. The normalized spacial score (nSPS) is 18.7. The Morgan fingerprint density at radius 2 is 1.67 bits per heavy atom. The number of benzene rings is 1. The first-order valence-electron chi connectivity index (χ1n) is 9.58. The first kappa shape index (κ1) is 16.4. The number of rotatable bonds is 3. The minimum absolute atomic E-state index is 0.338. The number of piperidine rings is 1. The Labute approximate surface area is 157 Å². The van der Waals surface area contributed by atoms with Gasteiger partial charge in [-0.05, 0) is 31.0 Å². The van der Waals surface area contributed by atoms with Gasteiger partial charge >= 0.3 is 0 Å². The zero-order chi connectivity index (χ0) is 18.2. The van der Waals surface area contributed by atoms with Crippen LogP contribution >= 0.6 is 0 Å². The van der Waals surface area contributed by atoms with E-state index in [2.05, 4.69) is 38.0 Å². The summed E-state index contributed by atoms with van der Waals surface area (Å²) < 4.78 is 13.5. The molecule has 2 aliphatic rings. The predicted molar refractivity (Wildman–Crippen MR) is 105 cm³/mol. The van der Waals surface area contributed by atoms with Crippen molar-refractivity contribution in [2.24, 2.45) is 0 Å². The number of para-hydroxylation sites is 1. The second-order valence-corrected chi connectivity index (χ2v) is 7.39. The molecule has 3 aromatic rings. The monoisotopic (exact) mass is 363 g/mol. The minimum atomic E-state index is -0.681. The molecule has 1 aromatic carbocycles. The maximum absolute atomic E-state index is 13.5. The van der Waals surface area contributed by atoms with Crippen LogP contribution in [-0.2, 0) is 0 Å². The Morgan fingerprint density at radius 1 is 0.889 bits per heavy atom. The lowest BCUT2D eigenvalue weighted by molar-refractivity contribution is 0.276. The first-order valence-corrected chi connectivity index (χ1v) is 9.58. The van der Waals surface area contributed by atoms with Crippen molar-refractivity contribution in [3.63, 3.8) is 0 Å². The van der Waals surface area contributed by atoms with E-state index in [0.717, 1.165) is 54.4 Å². The fraction of sp³-hybridized carbons (Fsp3) is 0.381. The van der Waals surface area contributed by atoms with Crippen LogP contribution in [0.15, 0.2) is 48.8 Å². The van der Waals surface area contributed by atoms with Crippen molar-refractivity contribution in [3.05, 3.63) is 54.5 Å². The van der Waals surface area contributed by atoms with E-state index >= 15 is 0 Å². The van der Waals surface area contributed by atoms with Gasteiger partial charge in [0.2, 0.25) is 0 Å². The molecule has 6 heteroatoms. The minimum Gasteiger partial charge on any atom is -0.355 e. The molecule has 0 unspecified atom stereocenters. The van der Waals surface area contributed by atoms with E-state index in [4.69, 9.17) is 4.98 Å². The summed E-state index contributed by atoms with van der Waals surface area (Å²) in [5, 5.41) is 1.16. The van der Waals surface area contributed by atoms with Crippen LogP contribution in [0.3, 0.4) is 0 Å². The maximum Gasteiger partial charge on any atom is 0.150 e. The highest BCUT2D eigenvalue weighted by Gasteiger charge is 2.34. The van der Waals surface area contributed by atoms with Gasteiger partial charge in [-0.3, -0.25) is 4.98 Å². The molecule has 0 radical (unpaired) electrons. The van der Waals surface area contributed by atoms with E-state index in [1.54, 1.807) is 12.4 Å². The van der Waals surface area contributed by atoms with Gasteiger partial charge in [0.1, 0.15) is 12.0 Å². The molecule has 0 saturated carbocycles. The van der Waals surface area contributed by atoms with Gasteiger partial charge in [-0.25, -0.2) is 14.4 Å². The largest absolute Gasteiger partial charge is 0.355 e. The summed E-state index contributed by atoms with van der Waals surface area (Å²) in [4.78, 5) is 18.5. The number of aromatic nitrogens is 3. The van der Waals surface area contributed by atoms with Crippen molar-refractivity contribution in [2.75, 3.05) is 36.0 Å². The molecule has 0 N–H and O–H groups in total. The van der Waals surface area contributed by atoms with E-state index < -0.39 is 6.17 Å². The molecule has 5 nitrogen and oxygen atoms in total. The Bertz CT molecular complexity index is 948. The molecule has 2 saturated heterocycles. The molecule has 0 atom stereocenters. The first-order chi connectivity index (χ1) is 13.3. The molecule has 138 valence electrons. The SMILES string of the molecule is FC1CCN(c2nccnc2C2CN(c3ccc4ccccc4n3)C2)CC1. The Kier molecular flexibility index (Phi) is 4.11. The standard InChI is InChI=1S/C21H22FN5/c22-17-7-11-26(12-8-17)21-20(23-9-10-24-21)16-13-27(14-16)19-6-5-15-3-1-2-4-18(15)25-19/h1-6,9-10,16-17H,7-8,11-14H2. The highest BCUT2D eigenvalue weighted by Crippen LogP contribution is 2.35. The van der Waals surface area contributed by atoms with Gasteiger partial charge in [-0.1, -0.05) is 18.2 Å². The molecule has 2 aliphatic heterocycles. The number of hydrogen-bond acceptors (Lipinski definition) is 5. The molecule has 4 heterocycles. The third-order valence-electron chi connectivity index (χ3n) is 5.61. The van der Waals surface area contributed by atoms with Gasteiger partial charge < -0.3 is 9.80 Å². The second kappa shape index (κ2) is 6.76. The molecular formula is C21H22FN5. The van der Waals surface area contributed by atoms with Crippen molar-refractivity contribution < 1.29 is 4.39 Å². The molecule has 0 spiro atoms. The van der Waals surface area contributed by atoms with Crippen LogP contribution in [0.1, 0.15) is 24.5 Å². The number of hydrogen-bond donors (Lipinski definition) is 0. The summed E-state index contributed by atoms with van der Waals surface area (Å²) in [5.41, 5.74) is 2.06. The number of halogens is 1. The number of alkyl halides is 1. The highest BCUT2D eigenvalue weighted by molar-refractivity contribution is 5.80. The average molecular weight is 363 g/mol. The van der Waals surface area contributed by atoms with Crippen molar-refractivity contribution in [1.82, 2.24) is 15.0 Å². The van der Waals surface area contributed by atoms with Crippen LogP contribution in [0.2, 0.25) is 0 Å². The fourth-order valence-corrected chi connectivity index (χ4v) is 4.00. The molecule has 5 rings (SSSR count). The van der Waals surface area contributed by atoms with Gasteiger partial charge in [-0.15, -0.1) is 0 Å². The molecule has 2 aromatic heterocycles. The van der Waals surface area contributed by atoms with Gasteiger partial charge in [0, 0.05) is 49.9 Å². The maximum atomic E-state index is 13.5. The highest BCUT2D eigenvalue weighted by atomic mass is 19.1. The van der Waals surface area contributed by atoms with Crippen LogP contribution in [0.5, 0.6) is 0 Å². The molecule has 0 bridgehead atoms. The number of pyridine rings is 1. The lowest BCUT2D eigenvalue weighted by Crippen LogP contribution is -2.47. The van der Waals surface area contributed by atoms with Crippen molar-refractivity contribution in [3.8, 4) is 0 Å². The molecule has 0 aliphatic carbocycles. The predicted octanol–water partition coefficient (Wildman–Crippen LogP) is 3.57. The quantitative estimate of drug-likeness (QED) is 0.712. The number of nitrogens with zero attached hydrogens (tertiary/aromatic N) is 5. The Hall–Kier alpha value is -2.76. The van der Waals surface area contributed by atoms with Crippen LogP contribution in [-0.4, -0.2) is 47.3 Å². The van der Waals surface area contributed by atoms with Crippen LogP contribution in [0.4, 0.5) is 16.0 Å². The number of fused-ring (bicyclic) bond motifs is 1. The van der Waals surface area contributed by atoms with Crippen molar-refractivity contribution in [1.29, 1.82) is 0 Å². The van der Waals surface area contributed by atoms with Gasteiger partial charge in [0.15, 0.2) is 5.82 Å². The molecule has 0 amide bonds. The lowest BCUT2D eigenvalue weighted by Gasteiger charge is -2.41. The van der Waals surface area contributed by atoms with Gasteiger partial charge in [0.05, 0.1) is 11.2 Å². The van der Waals surface area contributed by atoms with Crippen molar-refractivity contribution in [2.45, 2.75) is 24.9 Å². The summed E-state index contributed by atoms with van der Waals surface area (Å²) >= 11 is 0. The second-order valence-electron chi connectivity index (χ2n) is 7.39. The smallest absolute Gasteiger partial charge is 0.150 e. The van der Waals surface area contributed by atoms with Gasteiger partial charge in [0.25, 0.3) is 0 Å². The van der Waals surface area contributed by atoms with Crippen LogP contribution < -0.4 is 9.80 Å². The molecule has 27 heavy (non-hydrogen) atoms. The fourth-order valence-electron chi connectivity index (χ4n) is 4.00. The summed E-state index contributed by atoms with van der Waals surface area (Å²) in [6, 6.07) is 12.4. The molecular weight excluding hydrogens is 341 g/mol.